The lowest BCUT2D eigenvalue weighted by Crippen LogP contribution is -2.38. The predicted octanol–water partition coefficient (Wildman–Crippen LogP) is 2.18. The second-order valence-electron chi connectivity index (χ2n) is 5.30. The number of aromatic nitrogens is 2. The highest BCUT2D eigenvalue weighted by atomic mass is 15.2. The number of rotatable bonds is 5. The van der Waals surface area contributed by atoms with Crippen LogP contribution in [0.4, 0.5) is 5.82 Å². The van der Waals surface area contributed by atoms with Crippen LogP contribution in [0.15, 0.2) is 12.4 Å². The summed E-state index contributed by atoms with van der Waals surface area (Å²) >= 11 is 0. The second kappa shape index (κ2) is 6.14. The highest BCUT2D eigenvalue weighted by Crippen LogP contribution is 2.21. The van der Waals surface area contributed by atoms with Crippen molar-refractivity contribution < 1.29 is 0 Å². The topological polar surface area (TPSA) is 41.1 Å². The van der Waals surface area contributed by atoms with E-state index in [0.29, 0.717) is 12.0 Å². The minimum Gasteiger partial charge on any atom is -0.352 e. The van der Waals surface area contributed by atoms with Crippen molar-refractivity contribution in [2.75, 3.05) is 24.5 Å². The van der Waals surface area contributed by atoms with Crippen LogP contribution >= 0.6 is 0 Å². The molecule has 1 N–H and O–H groups in total. The van der Waals surface area contributed by atoms with Crippen LogP contribution in [0.1, 0.15) is 45.2 Å². The molecule has 0 spiro atoms. The minimum atomic E-state index is 0.455. The third kappa shape index (κ3) is 2.99. The summed E-state index contributed by atoms with van der Waals surface area (Å²) in [6.45, 7) is 9.83. The Morgan fingerprint density at radius 1 is 1.44 bits per heavy atom. The quantitative estimate of drug-likeness (QED) is 0.867. The zero-order valence-corrected chi connectivity index (χ0v) is 11.7. The Kier molecular flexibility index (Phi) is 4.53. The fourth-order valence-electron chi connectivity index (χ4n) is 2.46. The molecule has 1 aromatic rings. The third-order valence-corrected chi connectivity index (χ3v) is 3.50. The Morgan fingerprint density at radius 2 is 2.28 bits per heavy atom. The van der Waals surface area contributed by atoms with Gasteiger partial charge >= 0.3 is 0 Å². The Labute approximate surface area is 110 Å². The van der Waals surface area contributed by atoms with Crippen LogP contribution in [0.2, 0.25) is 0 Å². The van der Waals surface area contributed by atoms with E-state index in [1.165, 1.54) is 6.42 Å². The Bertz CT molecular complexity index is 372. The lowest BCUT2D eigenvalue weighted by molar-refractivity contribution is 0.615. The van der Waals surface area contributed by atoms with Gasteiger partial charge < -0.3 is 10.2 Å². The van der Waals surface area contributed by atoms with E-state index in [0.717, 1.165) is 37.6 Å². The number of hydrogen-bond acceptors (Lipinski definition) is 4. The van der Waals surface area contributed by atoms with E-state index in [9.17, 15) is 0 Å². The monoisotopic (exact) mass is 248 g/mol. The molecule has 100 valence electrons. The van der Waals surface area contributed by atoms with Gasteiger partial charge in [-0.2, -0.15) is 0 Å². The molecule has 0 radical (unpaired) electrons. The molecule has 0 aromatic carbocycles. The van der Waals surface area contributed by atoms with Crippen molar-refractivity contribution in [2.45, 2.75) is 45.6 Å². The minimum absolute atomic E-state index is 0.455. The van der Waals surface area contributed by atoms with Crippen molar-refractivity contribution in [3.63, 3.8) is 0 Å². The van der Waals surface area contributed by atoms with Crippen molar-refractivity contribution in [3.8, 4) is 0 Å². The van der Waals surface area contributed by atoms with Gasteiger partial charge in [-0.25, -0.2) is 9.97 Å². The molecule has 0 bridgehead atoms. The first-order chi connectivity index (χ1) is 8.72. The van der Waals surface area contributed by atoms with Gasteiger partial charge in [-0.1, -0.05) is 20.8 Å². The molecule has 0 aliphatic carbocycles. The molecule has 0 saturated carbocycles. The fourth-order valence-corrected chi connectivity index (χ4v) is 2.46. The van der Waals surface area contributed by atoms with E-state index in [2.05, 4.69) is 47.0 Å². The van der Waals surface area contributed by atoms with Crippen LogP contribution in [-0.2, 0) is 0 Å². The molecule has 18 heavy (non-hydrogen) atoms. The van der Waals surface area contributed by atoms with Gasteiger partial charge in [0.2, 0.25) is 0 Å². The van der Waals surface area contributed by atoms with Crippen LogP contribution in [0.5, 0.6) is 0 Å². The van der Waals surface area contributed by atoms with Gasteiger partial charge in [0.1, 0.15) is 12.1 Å². The number of hydrogen-bond donors (Lipinski definition) is 1. The summed E-state index contributed by atoms with van der Waals surface area (Å²) in [5.41, 5.74) is 1.13. The van der Waals surface area contributed by atoms with E-state index in [4.69, 9.17) is 0 Å². The highest BCUT2D eigenvalue weighted by Gasteiger charge is 2.23. The van der Waals surface area contributed by atoms with Crippen LogP contribution in [-0.4, -0.2) is 35.6 Å². The molecule has 1 aliphatic heterocycles. The Balaban J connectivity index is 2.21. The van der Waals surface area contributed by atoms with Crippen molar-refractivity contribution in [1.29, 1.82) is 0 Å². The summed E-state index contributed by atoms with van der Waals surface area (Å²) in [4.78, 5) is 11.3. The zero-order valence-electron chi connectivity index (χ0n) is 11.7. The molecular formula is C14H24N4. The maximum atomic E-state index is 4.47. The van der Waals surface area contributed by atoms with Crippen LogP contribution < -0.4 is 10.2 Å². The molecule has 4 nitrogen and oxygen atoms in total. The van der Waals surface area contributed by atoms with E-state index < -0.39 is 0 Å². The molecule has 1 fully saturated rings. The first-order valence-corrected chi connectivity index (χ1v) is 7.01. The summed E-state index contributed by atoms with van der Waals surface area (Å²) in [5, 5.41) is 3.43. The Hall–Kier alpha value is -1.16. The highest BCUT2D eigenvalue weighted by molar-refractivity contribution is 5.41. The van der Waals surface area contributed by atoms with Crippen molar-refractivity contribution in [3.05, 3.63) is 18.1 Å². The first kappa shape index (κ1) is 13.3. The largest absolute Gasteiger partial charge is 0.352 e. The zero-order chi connectivity index (χ0) is 13.0. The van der Waals surface area contributed by atoms with E-state index in [1.807, 2.05) is 0 Å². The van der Waals surface area contributed by atoms with Crippen LogP contribution in [0.3, 0.4) is 0 Å². The van der Waals surface area contributed by atoms with Gasteiger partial charge in [-0.05, 0) is 25.3 Å². The molecule has 1 unspecified atom stereocenters. The fraction of sp³-hybridized carbons (Fsp3) is 0.714. The molecule has 0 amide bonds. The molecule has 4 heteroatoms. The SMILES string of the molecule is CCCN(c1cc(C(C)C)ncn1)C1CCNC1. The molecule has 2 heterocycles. The molecule has 1 atom stereocenters. The van der Waals surface area contributed by atoms with Gasteiger partial charge in [0, 0.05) is 30.9 Å². The van der Waals surface area contributed by atoms with Gasteiger partial charge in [-0.15, -0.1) is 0 Å². The molecule has 1 saturated heterocycles. The van der Waals surface area contributed by atoms with Crippen LogP contribution in [0, 0.1) is 0 Å². The Morgan fingerprint density at radius 3 is 2.89 bits per heavy atom. The van der Waals surface area contributed by atoms with Crippen molar-refractivity contribution >= 4 is 5.82 Å². The van der Waals surface area contributed by atoms with Gasteiger partial charge in [-0.3, -0.25) is 0 Å². The molecular weight excluding hydrogens is 224 g/mol. The smallest absolute Gasteiger partial charge is 0.132 e. The molecule has 1 aliphatic rings. The second-order valence-corrected chi connectivity index (χ2v) is 5.30. The number of nitrogens with one attached hydrogen (secondary N) is 1. The van der Waals surface area contributed by atoms with Crippen LogP contribution in [0.25, 0.3) is 0 Å². The maximum Gasteiger partial charge on any atom is 0.132 e. The number of anilines is 1. The van der Waals surface area contributed by atoms with Gasteiger partial charge in [0.25, 0.3) is 0 Å². The average Bonchev–Trinajstić information content (AvgIpc) is 2.89. The van der Waals surface area contributed by atoms with Gasteiger partial charge in [0.05, 0.1) is 0 Å². The maximum absolute atomic E-state index is 4.47. The number of nitrogens with zero attached hydrogens (tertiary/aromatic N) is 3. The lowest BCUT2D eigenvalue weighted by Gasteiger charge is -2.29. The van der Waals surface area contributed by atoms with E-state index in [1.54, 1.807) is 6.33 Å². The third-order valence-electron chi connectivity index (χ3n) is 3.50. The standard InChI is InChI=1S/C14H24N4/c1-4-7-18(12-5-6-15-9-12)14-8-13(11(2)3)16-10-17-14/h8,10-12,15H,4-7,9H2,1-3H3. The van der Waals surface area contributed by atoms with Crippen molar-refractivity contribution in [1.82, 2.24) is 15.3 Å². The summed E-state index contributed by atoms with van der Waals surface area (Å²) < 4.78 is 0. The summed E-state index contributed by atoms with van der Waals surface area (Å²) in [6, 6.07) is 2.73. The normalized spacial score (nSPS) is 19.4. The van der Waals surface area contributed by atoms with E-state index >= 15 is 0 Å². The first-order valence-electron chi connectivity index (χ1n) is 7.01. The average molecular weight is 248 g/mol. The van der Waals surface area contributed by atoms with E-state index in [-0.39, 0.29) is 0 Å². The summed E-state index contributed by atoms with van der Waals surface area (Å²) in [5.74, 6) is 1.54. The summed E-state index contributed by atoms with van der Waals surface area (Å²) in [7, 11) is 0. The lowest BCUT2D eigenvalue weighted by atomic mass is 10.1. The van der Waals surface area contributed by atoms with Gasteiger partial charge in [0.15, 0.2) is 0 Å². The predicted molar refractivity (Wildman–Crippen MR) is 75.0 cm³/mol. The summed E-state index contributed by atoms with van der Waals surface area (Å²) in [6.07, 6.45) is 4.06. The molecule has 1 aromatic heterocycles. The molecule has 2 rings (SSSR count). The van der Waals surface area contributed by atoms with Crippen molar-refractivity contribution in [2.24, 2.45) is 0 Å².